The summed E-state index contributed by atoms with van der Waals surface area (Å²) in [4.78, 5) is 15.7. The molecule has 0 radical (unpaired) electrons. The first-order chi connectivity index (χ1) is 14.0. The quantitative estimate of drug-likeness (QED) is 0.543. The molecule has 1 saturated heterocycles. The highest BCUT2D eigenvalue weighted by molar-refractivity contribution is 6.32. The minimum absolute atomic E-state index is 0.221. The predicted molar refractivity (Wildman–Crippen MR) is 106 cm³/mol. The Labute approximate surface area is 172 Å². The van der Waals surface area contributed by atoms with E-state index in [0.717, 1.165) is 28.7 Å². The van der Waals surface area contributed by atoms with E-state index in [-0.39, 0.29) is 25.7 Å². The van der Waals surface area contributed by atoms with Crippen LogP contribution in [0.4, 0.5) is 0 Å². The van der Waals surface area contributed by atoms with Crippen LogP contribution >= 0.6 is 11.6 Å². The van der Waals surface area contributed by atoms with E-state index in [4.69, 9.17) is 25.6 Å². The van der Waals surface area contributed by atoms with Gasteiger partial charge in [-0.3, -0.25) is 4.79 Å². The molecule has 2 aromatic heterocycles. The number of nitrogens with zero attached hydrogens (tertiary/aromatic N) is 1. The van der Waals surface area contributed by atoms with E-state index in [9.17, 15) is 9.90 Å². The van der Waals surface area contributed by atoms with Crippen LogP contribution in [0.5, 0.6) is 5.75 Å². The number of carbonyl (C=O) groups is 1. The Morgan fingerprint density at radius 1 is 1.41 bits per heavy atom. The van der Waals surface area contributed by atoms with Gasteiger partial charge in [0.2, 0.25) is 0 Å². The van der Waals surface area contributed by atoms with Crippen LogP contribution in [0.1, 0.15) is 30.0 Å². The molecule has 0 aliphatic carbocycles. The number of benzene rings is 1. The minimum Gasteiger partial charge on any atom is -0.484 e. The fraction of sp³-hybridized carbons (Fsp3) is 0.400. The van der Waals surface area contributed by atoms with Crippen molar-refractivity contribution in [1.82, 2.24) is 15.5 Å². The van der Waals surface area contributed by atoms with Crippen molar-refractivity contribution in [2.45, 2.75) is 38.5 Å². The van der Waals surface area contributed by atoms with Crippen molar-refractivity contribution in [3.05, 3.63) is 46.4 Å². The Hall–Kier alpha value is -2.55. The van der Waals surface area contributed by atoms with E-state index >= 15 is 0 Å². The fourth-order valence-electron chi connectivity index (χ4n) is 3.44. The molecule has 1 aliphatic rings. The number of hydrogen-bond acceptors (Lipinski definition) is 6. The number of aliphatic hydroxyl groups excluding tert-OH is 1. The van der Waals surface area contributed by atoms with Gasteiger partial charge in [0.15, 0.2) is 11.4 Å². The molecule has 1 unspecified atom stereocenters. The van der Waals surface area contributed by atoms with E-state index in [1.807, 2.05) is 19.1 Å². The number of rotatable bonds is 7. The summed E-state index contributed by atoms with van der Waals surface area (Å²) < 4.78 is 16.4. The topological polar surface area (TPSA) is 110 Å². The number of carbonyl (C=O) groups excluding carboxylic acids is 1. The maximum atomic E-state index is 12.5. The third-order valence-corrected chi connectivity index (χ3v) is 5.28. The normalized spacial score (nSPS) is 19.0. The molecule has 1 amide bonds. The fourth-order valence-corrected chi connectivity index (χ4v) is 3.67. The molecule has 1 aliphatic heterocycles. The van der Waals surface area contributed by atoms with Gasteiger partial charge in [-0.15, -0.1) is 0 Å². The zero-order valence-electron chi connectivity index (χ0n) is 16.0. The number of hydrogen-bond donors (Lipinski definition) is 3. The summed E-state index contributed by atoms with van der Waals surface area (Å²) in [7, 11) is 0. The van der Waals surface area contributed by atoms with E-state index in [0.29, 0.717) is 29.6 Å². The van der Waals surface area contributed by atoms with Gasteiger partial charge in [0.25, 0.3) is 5.91 Å². The Bertz CT molecular complexity index is 1020. The summed E-state index contributed by atoms with van der Waals surface area (Å²) in [5, 5.41) is 17.6. The van der Waals surface area contributed by atoms with E-state index in [2.05, 4.69) is 15.5 Å². The van der Waals surface area contributed by atoms with Gasteiger partial charge in [-0.2, -0.15) is 0 Å². The average Bonchev–Trinajstić information content (AvgIpc) is 3.44. The smallest absolute Gasteiger partial charge is 0.254 e. The maximum absolute atomic E-state index is 12.5. The highest BCUT2D eigenvalue weighted by atomic mass is 35.5. The van der Waals surface area contributed by atoms with Crippen LogP contribution in [-0.4, -0.2) is 40.0 Å². The zero-order chi connectivity index (χ0) is 20.4. The van der Waals surface area contributed by atoms with Crippen LogP contribution in [0.15, 0.2) is 28.8 Å². The summed E-state index contributed by atoms with van der Waals surface area (Å²) in [5.74, 6) is 0.824. The van der Waals surface area contributed by atoms with Crippen molar-refractivity contribution < 1.29 is 23.9 Å². The molecule has 0 spiro atoms. The molecule has 1 atom stereocenters. The van der Waals surface area contributed by atoms with E-state index < -0.39 is 5.60 Å². The second-order valence-corrected chi connectivity index (χ2v) is 7.58. The molecule has 9 heteroatoms. The molecule has 4 rings (SSSR count). The molecule has 3 heterocycles. The molecule has 0 bridgehead atoms. The van der Waals surface area contributed by atoms with Crippen molar-refractivity contribution in [3.8, 4) is 5.75 Å². The highest BCUT2D eigenvalue weighted by Gasteiger charge is 2.42. The Morgan fingerprint density at radius 2 is 2.28 bits per heavy atom. The number of ether oxygens (including phenoxy) is 2. The molecule has 29 heavy (non-hydrogen) atoms. The van der Waals surface area contributed by atoms with Gasteiger partial charge in [0.05, 0.1) is 23.9 Å². The summed E-state index contributed by atoms with van der Waals surface area (Å²) in [5.41, 5.74) is 1.29. The number of aliphatic hydroxyl groups is 1. The van der Waals surface area contributed by atoms with Gasteiger partial charge >= 0.3 is 0 Å². The number of aryl methyl sites for hydroxylation is 1. The van der Waals surface area contributed by atoms with Crippen LogP contribution in [0.3, 0.4) is 0 Å². The number of aromatic amines is 1. The van der Waals surface area contributed by atoms with Crippen molar-refractivity contribution in [2.75, 3.05) is 13.2 Å². The van der Waals surface area contributed by atoms with Gasteiger partial charge in [-0.05, 0) is 31.9 Å². The first-order valence-electron chi connectivity index (χ1n) is 9.38. The molecule has 3 N–H and O–H groups in total. The van der Waals surface area contributed by atoms with Crippen LogP contribution in [0, 0.1) is 6.92 Å². The molecule has 154 valence electrons. The number of amides is 1. The lowest BCUT2D eigenvalue weighted by molar-refractivity contribution is -0.146. The summed E-state index contributed by atoms with van der Waals surface area (Å²) in [6.07, 6.45) is 1.28. The lowest BCUT2D eigenvalue weighted by Crippen LogP contribution is -2.48. The summed E-state index contributed by atoms with van der Waals surface area (Å²) in [6.45, 7) is 2.50. The first kappa shape index (κ1) is 19.8. The third-order valence-electron chi connectivity index (χ3n) is 4.99. The van der Waals surface area contributed by atoms with Gasteiger partial charge in [-0.25, -0.2) is 0 Å². The Kier molecular flexibility index (Phi) is 5.49. The largest absolute Gasteiger partial charge is 0.484 e. The number of H-pyrrole nitrogens is 1. The number of fused-ring (bicyclic) bond motifs is 1. The van der Waals surface area contributed by atoms with Crippen LogP contribution in [0.2, 0.25) is 5.02 Å². The van der Waals surface area contributed by atoms with Crippen molar-refractivity contribution >= 4 is 28.4 Å². The number of nitrogens with one attached hydrogen (secondary N) is 2. The molecular weight excluding hydrogens is 398 g/mol. The average molecular weight is 420 g/mol. The van der Waals surface area contributed by atoms with Gasteiger partial charge < -0.3 is 29.4 Å². The second kappa shape index (κ2) is 8.06. The van der Waals surface area contributed by atoms with Crippen LogP contribution in [-0.2, 0) is 22.7 Å². The predicted octanol–water partition coefficient (Wildman–Crippen LogP) is 2.85. The second-order valence-electron chi connectivity index (χ2n) is 7.17. The van der Waals surface area contributed by atoms with Gasteiger partial charge in [-0.1, -0.05) is 16.8 Å². The lowest BCUT2D eigenvalue weighted by atomic mass is 10.0. The molecule has 1 aromatic carbocycles. The standard InChI is InChI=1S/C20H22ClN3O5/c1-12-5-15(29-24-12)10-27-18-8-17-13(7-16(18)21)6-14(23-17)9-22-19(26)20(11-25)3-2-4-28-20/h5-8,23,25H,2-4,9-11H2,1H3,(H,22,26). The molecule has 0 saturated carbocycles. The summed E-state index contributed by atoms with van der Waals surface area (Å²) >= 11 is 6.34. The lowest BCUT2D eigenvalue weighted by Gasteiger charge is -2.24. The monoisotopic (exact) mass is 419 g/mol. The number of halogens is 1. The molecule has 1 fully saturated rings. The van der Waals surface area contributed by atoms with Gasteiger partial charge in [0.1, 0.15) is 12.4 Å². The van der Waals surface area contributed by atoms with Crippen molar-refractivity contribution in [1.29, 1.82) is 0 Å². The van der Waals surface area contributed by atoms with Crippen LogP contribution < -0.4 is 10.1 Å². The van der Waals surface area contributed by atoms with E-state index in [1.54, 1.807) is 12.1 Å². The summed E-state index contributed by atoms with van der Waals surface area (Å²) in [6, 6.07) is 7.32. The molecule has 3 aromatic rings. The van der Waals surface area contributed by atoms with Crippen molar-refractivity contribution in [3.63, 3.8) is 0 Å². The van der Waals surface area contributed by atoms with Crippen LogP contribution in [0.25, 0.3) is 10.9 Å². The zero-order valence-corrected chi connectivity index (χ0v) is 16.7. The van der Waals surface area contributed by atoms with Gasteiger partial charge in [0, 0.05) is 35.3 Å². The molecular formula is C20H22ClN3O5. The van der Waals surface area contributed by atoms with Crippen molar-refractivity contribution in [2.24, 2.45) is 0 Å². The highest BCUT2D eigenvalue weighted by Crippen LogP contribution is 2.31. The Balaban J connectivity index is 1.44. The van der Waals surface area contributed by atoms with E-state index in [1.165, 1.54) is 0 Å². The number of aromatic nitrogens is 2. The Morgan fingerprint density at radius 3 is 2.97 bits per heavy atom. The maximum Gasteiger partial charge on any atom is 0.254 e. The molecule has 8 nitrogen and oxygen atoms in total. The SMILES string of the molecule is Cc1cc(COc2cc3[nH]c(CNC(=O)C4(CO)CCCO4)cc3cc2Cl)on1. The third kappa shape index (κ3) is 4.10. The minimum atomic E-state index is -1.13. The first-order valence-corrected chi connectivity index (χ1v) is 9.76.